The van der Waals surface area contributed by atoms with E-state index in [-0.39, 0.29) is 6.04 Å². The lowest BCUT2D eigenvalue weighted by Gasteiger charge is -2.24. The molecule has 4 nitrogen and oxygen atoms in total. The molecule has 0 fully saturated rings. The zero-order valence-corrected chi connectivity index (χ0v) is 9.12. The molecule has 0 radical (unpaired) electrons. The van der Waals surface area contributed by atoms with E-state index in [9.17, 15) is 9.59 Å². The zero-order valence-electron chi connectivity index (χ0n) is 9.12. The summed E-state index contributed by atoms with van der Waals surface area (Å²) in [6.07, 6.45) is 2.96. The van der Waals surface area contributed by atoms with Crippen LogP contribution < -0.4 is 0 Å². The monoisotopic (exact) mass is 201 g/mol. The van der Waals surface area contributed by atoms with Crippen LogP contribution in [-0.2, 0) is 9.59 Å². The summed E-state index contributed by atoms with van der Waals surface area (Å²) in [5, 5.41) is 8.57. The Morgan fingerprint density at radius 2 is 1.86 bits per heavy atom. The summed E-state index contributed by atoms with van der Waals surface area (Å²) in [5.41, 5.74) is 0. The van der Waals surface area contributed by atoms with Crippen molar-refractivity contribution in [2.24, 2.45) is 0 Å². The summed E-state index contributed by atoms with van der Waals surface area (Å²) < 4.78 is 0. The predicted octanol–water partition coefficient (Wildman–Crippen LogP) is 1.50. The second-order valence-electron chi connectivity index (χ2n) is 3.60. The van der Waals surface area contributed by atoms with Crippen LogP contribution in [0, 0.1) is 0 Å². The van der Waals surface area contributed by atoms with Gasteiger partial charge in [-0.1, -0.05) is 19.8 Å². The second kappa shape index (κ2) is 6.40. The first kappa shape index (κ1) is 12.9. The van der Waals surface area contributed by atoms with E-state index in [0.29, 0.717) is 6.54 Å². The van der Waals surface area contributed by atoms with Crippen molar-refractivity contribution in [1.29, 1.82) is 0 Å². The Balaban J connectivity index is 4.15. The molecule has 0 unspecified atom stereocenters. The van der Waals surface area contributed by atoms with Gasteiger partial charge in [0.05, 0.1) is 0 Å². The van der Waals surface area contributed by atoms with E-state index in [1.54, 1.807) is 0 Å². The third kappa shape index (κ3) is 4.25. The number of unbranched alkanes of at least 4 members (excludes halogenated alkanes) is 2. The highest BCUT2D eigenvalue weighted by Crippen LogP contribution is 2.03. The van der Waals surface area contributed by atoms with Gasteiger partial charge < -0.3 is 10.0 Å². The summed E-state index contributed by atoms with van der Waals surface area (Å²) >= 11 is 0. The van der Waals surface area contributed by atoms with Gasteiger partial charge in [0, 0.05) is 12.6 Å². The number of rotatable bonds is 5. The molecular formula is C10H19NO3. The van der Waals surface area contributed by atoms with Crippen molar-refractivity contribution in [2.45, 2.75) is 46.1 Å². The van der Waals surface area contributed by atoms with E-state index in [1.807, 2.05) is 13.8 Å². The smallest absolute Gasteiger partial charge is 0.394 e. The zero-order chi connectivity index (χ0) is 11.1. The van der Waals surface area contributed by atoms with Crippen LogP contribution >= 0.6 is 0 Å². The molecule has 0 heterocycles. The number of nitrogens with zero attached hydrogens (tertiary/aromatic N) is 1. The van der Waals surface area contributed by atoms with E-state index >= 15 is 0 Å². The number of amides is 1. The van der Waals surface area contributed by atoms with Crippen molar-refractivity contribution in [2.75, 3.05) is 6.54 Å². The van der Waals surface area contributed by atoms with Gasteiger partial charge in [-0.2, -0.15) is 0 Å². The largest absolute Gasteiger partial charge is 0.474 e. The minimum absolute atomic E-state index is 0.0459. The van der Waals surface area contributed by atoms with Gasteiger partial charge in [-0.3, -0.25) is 4.79 Å². The maximum Gasteiger partial charge on any atom is 0.394 e. The first-order valence-corrected chi connectivity index (χ1v) is 5.04. The molecular weight excluding hydrogens is 182 g/mol. The van der Waals surface area contributed by atoms with Crippen LogP contribution in [-0.4, -0.2) is 34.5 Å². The summed E-state index contributed by atoms with van der Waals surface area (Å²) in [6, 6.07) is -0.0459. The van der Waals surface area contributed by atoms with Gasteiger partial charge in [0.15, 0.2) is 0 Å². The Kier molecular flexibility index (Phi) is 5.92. The van der Waals surface area contributed by atoms with Crippen LogP contribution in [0.5, 0.6) is 0 Å². The van der Waals surface area contributed by atoms with Crippen molar-refractivity contribution in [3.05, 3.63) is 0 Å². The number of carboxylic acids is 1. The highest BCUT2D eigenvalue weighted by atomic mass is 16.4. The summed E-state index contributed by atoms with van der Waals surface area (Å²) in [5.74, 6) is -2.16. The Bertz CT molecular complexity index is 202. The van der Waals surface area contributed by atoms with Crippen LogP contribution in [0.2, 0.25) is 0 Å². The lowest BCUT2D eigenvalue weighted by Crippen LogP contribution is -2.41. The normalized spacial score (nSPS) is 10.3. The fourth-order valence-corrected chi connectivity index (χ4v) is 1.25. The molecule has 0 saturated carbocycles. The molecule has 0 saturated heterocycles. The van der Waals surface area contributed by atoms with E-state index in [2.05, 4.69) is 6.92 Å². The topological polar surface area (TPSA) is 57.6 Å². The van der Waals surface area contributed by atoms with E-state index in [4.69, 9.17) is 5.11 Å². The molecule has 0 aliphatic heterocycles. The Morgan fingerprint density at radius 3 is 2.21 bits per heavy atom. The molecule has 0 aliphatic carbocycles. The molecule has 0 bridgehead atoms. The molecule has 0 aromatic heterocycles. The van der Waals surface area contributed by atoms with Gasteiger partial charge in [-0.05, 0) is 20.3 Å². The molecule has 0 atom stereocenters. The summed E-state index contributed by atoms with van der Waals surface area (Å²) in [4.78, 5) is 23.1. The standard InChI is InChI=1S/C10H19NO3/c1-4-5-6-7-11(8(2)3)9(12)10(13)14/h8H,4-7H2,1-3H3,(H,13,14). The average Bonchev–Trinajstić information content (AvgIpc) is 2.10. The number of aliphatic carboxylic acids is 1. The quantitative estimate of drug-likeness (QED) is 0.541. The van der Waals surface area contributed by atoms with Crippen molar-refractivity contribution in [3.8, 4) is 0 Å². The maximum absolute atomic E-state index is 11.2. The third-order valence-electron chi connectivity index (χ3n) is 2.07. The Morgan fingerprint density at radius 1 is 1.29 bits per heavy atom. The minimum atomic E-state index is -1.37. The van der Waals surface area contributed by atoms with Gasteiger partial charge in [-0.25, -0.2) is 4.79 Å². The van der Waals surface area contributed by atoms with Crippen LogP contribution in [0.25, 0.3) is 0 Å². The maximum atomic E-state index is 11.2. The van der Waals surface area contributed by atoms with E-state index in [0.717, 1.165) is 19.3 Å². The number of hydrogen-bond acceptors (Lipinski definition) is 2. The van der Waals surface area contributed by atoms with Gasteiger partial charge >= 0.3 is 11.9 Å². The molecule has 82 valence electrons. The highest BCUT2D eigenvalue weighted by Gasteiger charge is 2.22. The molecule has 4 heteroatoms. The molecule has 0 aromatic carbocycles. The second-order valence-corrected chi connectivity index (χ2v) is 3.60. The fourth-order valence-electron chi connectivity index (χ4n) is 1.25. The average molecular weight is 201 g/mol. The van der Waals surface area contributed by atoms with Crippen molar-refractivity contribution in [1.82, 2.24) is 4.90 Å². The summed E-state index contributed by atoms with van der Waals surface area (Å²) in [7, 11) is 0. The van der Waals surface area contributed by atoms with Crippen LogP contribution in [0.15, 0.2) is 0 Å². The van der Waals surface area contributed by atoms with Crippen molar-refractivity contribution < 1.29 is 14.7 Å². The lowest BCUT2D eigenvalue weighted by molar-refractivity contribution is -0.156. The van der Waals surface area contributed by atoms with Gasteiger partial charge in [-0.15, -0.1) is 0 Å². The van der Waals surface area contributed by atoms with E-state index < -0.39 is 11.9 Å². The van der Waals surface area contributed by atoms with Crippen LogP contribution in [0.3, 0.4) is 0 Å². The van der Waals surface area contributed by atoms with Crippen molar-refractivity contribution >= 4 is 11.9 Å². The SMILES string of the molecule is CCCCCN(C(=O)C(=O)O)C(C)C. The number of carbonyl (C=O) groups excluding carboxylic acids is 1. The van der Waals surface area contributed by atoms with Gasteiger partial charge in [0.1, 0.15) is 0 Å². The van der Waals surface area contributed by atoms with Gasteiger partial charge in [0.2, 0.25) is 0 Å². The van der Waals surface area contributed by atoms with Crippen LogP contribution in [0.4, 0.5) is 0 Å². The third-order valence-corrected chi connectivity index (χ3v) is 2.07. The highest BCUT2D eigenvalue weighted by molar-refractivity contribution is 6.31. The Labute approximate surface area is 84.9 Å². The lowest BCUT2D eigenvalue weighted by atomic mass is 10.2. The first-order chi connectivity index (χ1) is 6.50. The molecule has 14 heavy (non-hydrogen) atoms. The predicted molar refractivity (Wildman–Crippen MR) is 54.0 cm³/mol. The molecule has 1 N–H and O–H groups in total. The molecule has 0 aromatic rings. The number of hydrogen-bond donors (Lipinski definition) is 1. The number of carboxylic acid groups (broad SMARTS) is 1. The molecule has 1 amide bonds. The minimum Gasteiger partial charge on any atom is -0.474 e. The van der Waals surface area contributed by atoms with Crippen molar-refractivity contribution in [3.63, 3.8) is 0 Å². The molecule has 0 rings (SSSR count). The van der Waals surface area contributed by atoms with Crippen LogP contribution in [0.1, 0.15) is 40.0 Å². The molecule has 0 spiro atoms. The van der Waals surface area contributed by atoms with E-state index in [1.165, 1.54) is 4.90 Å². The fraction of sp³-hybridized carbons (Fsp3) is 0.800. The Hall–Kier alpha value is -1.06. The number of carbonyl (C=O) groups is 2. The molecule has 0 aliphatic rings. The summed E-state index contributed by atoms with van der Waals surface area (Å²) in [6.45, 7) is 6.26. The van der Waals surface area contributed by atoms with Gasteiger partial charge in [0.25, 0.3) is 0 Å². The first-order valence-electron chi connectivity index (χ1n) is 5.04.